The van der Waals surface area contributed by atoms with Crippen LogP contribution in [0.4, 0.5) is 5.69 Å². The van der Waals surface area contributed by atoms with E-state index in [1.807, 2.05) is 0 Å². The monoisotopic (exact) mass is 238 g/mol. The Morgan fingerprint density at radius 2 is 2.06 bits per heavy atom. The van der Waals surface area contributed by atoms with Gasteiger partial charge in [0.25, 0.3) is 5.91 Å². The van der Waals surface area contributed by atoms with Crippen LogP contribution >= 0.6 is 11.6 Å². The Morgan fingerprint density at radius 3 is 2.69 bits per heavy atom. The number of rotatable bonds is 2. The van der Waals surface area contributed by atoms with E-state index in [0.717, 1.165) is 12.8 Å². The third kappa shape index (κ3) is 2.47. The van der Waals surface area contributed by atoms with Gasteiger partial charge in [0, 0.05) is 11.6 Å². The standard InChI is InChI=1S/C12H15ClN2O/c13-10-7-8(5-6-11(10)14)12(16)15-9-3-1-2-4-9/h5-7,9H,1-4,14H2,(H,15,16). The van der Waals surface area contributed by atoms with Gasteiger partial charge >= 0.3 is 0 Å². The lowest BCUT2D eigenvalue weighted by molar-refractivity contribution is 0.0938. The topological polar surface area (TPSA) is 55.1 Å². The average Bonchev–Trinajstić information content (AvgIpc) is 2.74. The molecule has 0 radical (unpaired) electrons. The molecule has 1 aliphatic carbocycles. The number of nitrogens with one attached hydrogen (secondary N) is 1. The number of carbonyl (C=O) groups is 1. The number of halogens is 1. The summed E-state index contributed by atoms with van der Waals surface area (Å²) in [5, 5.41) is 3.43. The Labute approximate surface area is 100.0 Å². The minimum atomic E-state index is -0.0613. The molecule has 1 fully saturated rings. The number of amides is 1. The number of anilines is 1. The van der Waals surface area contributed by atoms with Crippen LogP contribution in [-0.4, -0.2) is 11.9 Å². The van der Waals surface area contributed by atoms with Crippen LogP contribution in [-0.2, 0) is 0 Å². The number of carbonyl (C=O) groups excluding carboxylic acids is 1. The van der Waals surface area contributed by atoms with Gasteiger partial charge in [0.1, 0.15) is 0 Å². The Hall–Kier alpha value is -1.22. The smallest absolute Gasteiger partial charge is 0.251 e. The van der Waals surface area contributed by atoms with Crippen LogP contribution in [0.15, 0.2) is 18.2 Å². The van der Waals surface area contributed by atoms with E-state index in [4.69, 9.17) is 17.3 Å². The van der Waals surface area contributed by atoms with E-state index in [2.05, 4.69) is 5.32 Å². The highest BCUT2D eigenvalue weighted by molar-refractivity contribution is 6.33. The Bertz CT molecular complexity index is 400. The third-order valence-corrected chi connectivity index (χ3v) is 3.28. The second-order valence-electron chi connectivity index (χ2n) is 4.19. The van der Waals surface area contributed by atoms with Crippen molar-refractivity contribution in [3.63, 3.8) is 0 Å². The van der Waals surface area contributed by atoms with E-state index in [0.29, 0.717) is 22.3 Å². The zero-order valence-corrected chi connectivity index (χ0v) is 9.76. The third-order valence-electron chi connectivity index (χ3n) is 2.95. The molecule has 0 atom stereocenters. The van der Waals surface area contributed by atoms with Crippen molar-refractivity contribution >= 4 is 23.2 Å². The van der Waals surface area contributed by atoms with Gasteiger partial charge in [-0.05, 0) is 31.0 Å². The van der Waals surface area contributed by atoms with E-state index in [9.17, 15) is 4.79 Å². The maximum Gasteiger partial charge on any atom is 0.251 e. The highest BCUT2D eigenvalue weighted by atomic mass is 35.5. The minimum absolute atomic E-state index is 0.0613. The molecule has 1 aliphatic rings. The first-order valence-corrected chi connectivity index (χ1v) is 5.90. The summed E-state index contributed by atoms with van der Waals surface area (Å²) in [5.41, 5.74) is 6.66. The van der Waals surface area contributed by atoms with Crippen molar-refractivity contribution in [3.8, 4) is 0 Å². The Kier molecular flexibility index (Phi) is 3.34. The van der Waals surface area contributed by atoms with E-state index in [-0.39, 0.29) is 5.91 Å². The van der Waals surface area contributed by atoms with Gasteiger partial charge in [-0.3, -0.25) is 4.79 Å². The van der Waals surface area contributed by atoms with E-state index in [1.54, 1.807) is 18.2 Å². The first-order chi connectivity index (χ1) is 7.66. The van der Waals surface area contributed by atoms with Gasteiger partial charge in [0.05, 0.1) is 10.7 Å². The summed E-state index contributed by atoms with van der Waals surface area (Å²) in [6.07, 6.45) is 4.56. The van der Waals surface area contributed by atoms with Crippen molar-refractivity contribution in [1.82, 2.24) is 5.32 Å². The summed E-state index contributed by atoms with van der Waals surface area (Å²) in [5.74, 6) is -0.0613. The zero-order valence-electron chi connectivity index (χ0n) is 9.00. The van der Waals surface area contributed by atoms with Crippen LogP contribution in [0.2, 0.25) is 5.02 Å². The predicted octanol–water partition coefficient (Wildman–Crippen LogP) is 2.59. The molecule has 1 saturated carbocycles. The van der Waals surface area contributed by atoms with E-state index in [1.165, 1.54) is 12.8 Å². The van der Waals surface area contributed by atoms with Gasteiger partial charge in [0.15, 0.2) is 0 Å². The molecule has 1 aromatic rings. The molecule has 4 heteroatoms. The molecule has 3 nitrogen and oxygen atoms in total. The van der Waals surface area contributed by atoms with Gasteiger partial charge in [-0.15, -0.1) is 0 Å². The fraction of sp³-hybridized carbons (Fsp3) is 0.417. The summed E-state index contributed by atoms with van der Waals surface area (Å²) in [7, 11) is 0. The summed E-state index contributed by atoms with van der Waals surface area (Å²) < 4.78 is 0. The molecule has 0 aromatic heterocycles. The quantitative estimate of drug-likeness (QED) is 0.779. The van der Waals surface area contributed by atoms with Crippen molar-refractivity contribution in [2.45, 2.75) is 31.7 Å². The summed E-state index contributed by atoms with van der Waals surface area (Å²) in [6, 6.07) is 5.29. The van der Waals surface area contributed by atoms with Gasteiger partial charge in [-0.25, -0.2) is 0 Å². The molecule has 2 rings (SSSR count). The van der Waals surface area contributed by atoms with E-state index < -0.39 is 0 Å². The maximum absolute atomic E-state index is 11.9. The number of hydrogen-bond donors (Lipinski definition) is 2. The summed E-state index contributed by atoms with van der Waals surface area (Å²) >= 11 is 5.87. The molecule has 3 N–H and O–H groups in total. The molecule has 0 aliphatic heterocycles. The fourth-order valence-electron chi connectivity index (χ4n) is 2.01. The highest BCUT2D eigenvalue weighted by Gasteiger charge is 2.18. The molecule has 1 aromatic carbocycles. The van der Waals surface area contributed by atoms with Crippen LogP contribution in [0.25, 0.3) is 0 Å². The minimum Gasteiger partial charge on any atom is -0.398 e. The largest absolute Gasteiger partial charge is 0.398 e. The van der Waals surface area contributed by atoms with Gasteiger partial charge < -0.3 is 11.1 Å². The lowest BCUT2D eigenvalue weighted by Gasteiger charge is -2.12. The fourth-order valence-corrected chi connectivity index (χ4v) is 2.19. The van der Waals surface area contributed by atoms with Crippen molar-refractivity contribution in [1.29, 1.82) is 0 Å². The lowest BCUT2D eigenvalue weighted by atomic mass is 10.1. The average molecular weight is 239 g/mol. The van der Waals surface area contributed by atoms with Gasteiger partial charge in [0.2, 0.25) is 0 Å². The van der Waals surface area contributed by atoms with Crippen molar-refractivity contribution < 1.29 is 4.79 Å². The molecule has 0 spiro atoms. The second-order valence-corrected chi connectivity index (χ2v) is 4.60. The number of nitrogens with two attached hydrogens (primary N) is 1. The normalized spacial score (nSPS) is 16.3. The zero-order chi connectivity index (χ0) is 11.5. The molecule has 0 bridgehead atoms. The predicted molar refractivity (Wildman–Crippen MR) is 65.6 cm³/mol. The molecular formula is C12H15ClN2O. The number of benzene rings is 1. The van der Waals surface area contributed by atoms with Gasteiger partial charge in [-0.1, -0.05) is 24.4 Å². The van der Waals surface area contributed by atoms with Crippen LogP contribution in [0.3, 0.4) is 0 Å². The molecule has 0 saturated heterocycles. The first-order valence-electron chi connectivity index (χ1n) is 5.52. The summed E-state index contributed by atoms with van der Waals surface area (Å²) in [6.45, 7) is 0. The van der Waals surface area contributed by atoms with Crippen molar-refractivity contribution in [3.05, 3.63) is 28.8 Å². The van der Waals surface area contributed by atoms with Crippen LogP contribution < -0.4 is 11.1 Å². The lowest BCUT2D eigenvalue weighted by Crippen LogP contribution is -2.32. The van der Waals surface area contributed by atoms with Crippen LogP contribution in [0, 0.1) is 0 Å². The molecule has 0 heterocycles. The van der Waals surface area contributed by atoms with Crippen molar-refractivity contribution in [2.24, 2.45) is 0 Å². The van der Waals surface area contributed by atoms with Crippen molar-refractivity contribution in [2.75, 3.05) is 5.73 Å². The molecule has 16 heavy (non-hydrogen) atoms. The number of hydrogen-bond acceptors (Lipinski definition) is 2. The summed E-state index contributed by atoms with van der Waals surface area (Å²) in [4.78, 5) is 11.9. The highest BCUT2D eigenvalue weighted by Crippen LogP contribution is 2.21. The van der Waals surface area contributed by atoms with Crippen LogP contribution in [0.5, 0.6) is 0 Å². The van der Waals surface area contributed by atoms with Gasteiger partial charge in [-0.2, -0.15) is 0 Å². The molecular weight excluding hydrogens is 224 g/mol. The SMILES string of the molecule is Nc1ccc(C(=O)NC2CCCC2)cc1Cl. The maximum atomic E-state index is 11.9. The second kappa shape index (κ2) is 4.74. The van der Waals surface area contributed by atoms with Crippen LogP contribution in [0.1, 0.15) is 36.0 Å². The number of nitrogen functional groups attached to an aromatic ring is 1. The van der Waals surface area contributed by atoms with E-state index >= 15 is 0 Å². The first kappa shape index (κ1) is 11.3. The molecule has 86 valence electrons. The molecule has 0 unspecified atom stereocenters. The Balaban J connectivity index is 2.05. The Morgan fingerprint density at radius 1 is 1.38 bits per heavy atom. The molecule has 1 amide bonds.